The van der Waals surface area contributed by atoms with Crippen LogP contribution in [-0.2, 0) is 0 Å². The lowest BCUT2D eigenvalue weighted by Crippen LogP contribution is -2.23. The fourth-order valence-electron chi connectivity index (χ4n) is 0.842. The van der Waals surface area contributed by atoms with Crippen LogP contribution < -0.4 is 10.6 Å². The summed E-state index contributed by atoms with van der Waals surface area (Å²) in [6, 6.07) is 4.40. The molecule has 0 saturated carbocycles. The lowest BCUT2D eigenvalue weighted by atomic mass is 10.3. The van der Waals surface area contributed by atoms with E-state index in [0.717, 1.165) is 0 Å². The van der Waals surface area contributed by atoms with Crippen LogP contribution in [0.15, 0.2) is 31.0 Å². The molecule has 1 aromatic carbocycles. The Kier molecular flexibility index (Phi) is 3.80. The average Bonchev–Trinajstić information content (AvgIpc) is 2.10. The number of anilines is 1. The summed E-state index contributed by atoms with van der Waals surface area (Å²) < 4.78 is 0. The molecule has 1 rings (SSSR count). The van der Waals surface area contributed by atoms with E-state index in [1.807, 2.05) is 0 Å². The zero-order chi connectivity index (χ0) is 10.6. The number of hydrogen-bond donors (Lipinski definition) is 2. The molecule has 0 aliphatic rings. The van der Waals surface area contributed by atoms with Gasteiger partial charge in [0, 0.05) is 5.02 Å². The van der Waals surface area contributed by atoms with Crippen molar-refractivity contribution in [2.24, 2.45) is 0 Å². The normalized spacial score (nSPS) is 9.29. The van der Waals surface area contributed by atoms with Gasteiger partial charge in [-0.05, 0) is 24.4 Å². The number of carbonyl (C=O) groups is 1. The molecule has 2 N–H and O–H groups in total. The number of hydrogen-bond acceptors (Lipinski definition) is 1. The monoisotopic (exact) mass is 230 g/mol. The molecule has 0 heterocycles. The summed E-state index contributed by atoms with van der Waals surface area (Å²) in [5.74, 6) is 0. The Hall–Kier alpha value is -1.19. The Balaban J connectivity index is 2.76. The van der Waals surface area contributed by atoms with Gasteiger partial charge in [-0.15, -0.1) is 0 Å². The smallest absolute Gasteiger partial charge is 0.315 e. The zero-order valence-corrected chi connectivity index (χ0v) is 8.69. The van der Waals surface area contributed by atoms with E-state index in [0.29, 0.717) is 15.7 Å². The SMILES string of the molecule is C=CNC(=O)Nc1ccc(Cl)cc1Cl. The van der Waals surface area contributed by atoms with Gasteiger partial charge in [-0.1, -0.05) is 29.8 Å². The predicted molar refractivity (Wildman–Crippen MR) is 58.8 cm³/mol. The first-order valence-electron chi connectivity index (χ1n) is 3.77. The van der Waals surface area contributed by atoms with E-state index in [1.54, 1.807) is 18.2 Å². The second-order valence-corrected chi connectivity index (χ2v) is 3.27. The van der Waals surface area contributed by atoms with Crippen molar-refractivity contribution < 1.29 is 4.79 Å². The Labute approximate surface area is 91.7 Å². The first kappa shape index (κ1) is 10.9. The van der Waals surface area contributed by atoms with E-state index in [4.69, 9.17) is 23.2 Å². The third kappa shape index (κ3) is 2.94. The molecule has 5 heteroatoms. The maximum absolute atomic E-state index is 11.1. The van der Waals surface area contributed by atoms with Crippen molar-refractivity contribution >= 4 is 34.9 Å². The van der Waals surface area contributed by atoms with Crippen molar-refractivity contribution in [3.8, 4) is 0 Å². The van der Waals surface area contributed by atoms with Crippen LogP contribution in [-0.4, -0.2) is 6.03 Å². The lowest BCUT2D eigenvalue weighted by molar-refractivity contribution is 0.255. The van der Waals surface area contributed by atoms with Gasteiger partial charge in [-0.25, -0.2) is 4.79 Å². The molecule has 0 aliphatic heterocycles. The Morgan fingerprint density at radius 3 is 2.71 bits per heavy atom. The van der Waals surface area contributed by atoms with E-state index in [1.165, 1.54) is 6.20 Å². The van der Waals surface area contributed by atoms with Crippen molar-refractivity contribution in [2.75, 3.05) is 5.32 Å². The van der Waals surface area contributed by atoms with Gasteiger partial charge in [-0.2, -0.15) is 0 Å². The van der Waals surface area contributed by atoms with Gasteiger partial charge < -0.3 is 10.6 Å². The molecular weight excluding hydrogens is 223 g/mol. The summed E-state index contributed by atoms with van der Waals surface area (Å²) in [4.78, 5) is 11.1. The molecule has 0 saturated heterocycles. The van der Waals surface area contributed by atoms with Crippen LogP contribution in [0.25, 0.3) is 0 Å². The third-order valence-corrected chi connectivity index (χ3v) is 1.96. The molecule has 14 heavy (non-hydrogen) atoms. The number of amides is 2. The minimum atomic E-state index is -0.399. The predicted octanol–water partition coefficient (Wildman–Crippen LogP) is 3.26. The minimum absolute atomic E-state index is 0.386. The minimum Gasteiger partial charge on any atom is -0.315 e. The van der Waals surface area contributed by atoms with Gasteiger partial charge in [0.05, 0.1) is 10.7 Å². The van der Waals surface area contributed by atoms with Crippen LogP contribution in [0.1, 0.15) is 0 Å². The molecule has 1 aromatic rings. The summed E-state index contributed by atoms with van der Waals surface area (Å²) in [6.45, 7) is 3.35. The second-order valence-electron chi connectivity index (χ2n) is 2.43. The molecule has 0 aromatic heterocycles. The molecule has 2 amide bonds. The highest BCUT2D eigenvalue weighted by molar-refractivity contribution is 6.36. The van der Waals surface area contributed by atoms with Gasteiger partial charge in [0.15, 0.2) is 0 Å². The maximum Gasteiger partial charge on any atom is 0.323 e. The van der Waals surface area contributed by atoms with Gasteiger partial charge in [-0.3, -0.25) is 0 Å². The summed E-state index contributed by atoms with van der Waals surface area (Å²) in [5.41, 5.74) is 0.496. The van der Waals surface area contributed by atoms with Crippen molar-refractivity contribution in [3.63, 3.8) is 0 Å². The van der Waals surface area contributed by atoms with Crippen molar-refractivity contribution in [3.05, 3.63) is 41.0 Å². The number of benzene rings is 1. The number of carbonyl (C=O) groups excluding carboxylic acids is 1. The van der Waals surface area contributed by atoms with E-state index in [-0.39, 0.29) is 0 Å². The maximum atomic E-state index is 11.1. The van der Waals surface area contributed by atoms with Crippen LogP contribution in [0, 0.1) is 0 Å². The summed E-state index contributed by atoms with van der Waals surface area (Å²) in [5, 5.41) is 5.79. The molecule has 0 atom stereocenters. The van der Waals surface area contributed by atoms with Crippen LogP contribution in [0.4, 0.5) is 10.5 Å². The van der Waals surface area contributed by atoms with Crippen LogP contribution in [0.2, 0.25) is 10.0 Å². The third-order valence-electron chi connectivity index (χ3n) is 1.41. The molecule has 0 fully saturated rings. The standard InChI is InChI=1S/C9H8Cl2N2O/c1-2-12-9(14)13-8-4-3-6(10)5-7(8)11/h2-5H,1H2,(H2,12,13,14). The molecule has 3 nitrogen and oxygen atoms in total. The summed E-state index contributed by atoms with van der Waals surface area (Å²) >= 11 is 11.5. The largest absolute Gasteiger partial charge is 0.323 e. The first-order chi connectivity index (χ1) is 6.63. The zero-order valence-electron chi connectivity index (χ0n) is 7.18. The fourth-order valence-corrected chi connectivity index (χ4v) is 1.30. The Bertz CT molecular complexity index is 366. The van der Waals surface area contributed by atoms with Gasteiger partial charge in [0.1, 0.15) is 0 Å². The topological polar surface area (TPSA) is 41.1 Å². The fraction of sp³-hybridized carbons (Fsp3) is 0. The van der Waals surface area contributed by atoms with Crippen LogP contribution in [0.3, 0.4) is 0 Å². The molecule has 0 aliphatic carbocycles. The Morgan fingerprint density at radius 2 is 2.14 bits per heavy atom. The number of nitrogens with one attached hydrogen (secondary N) is 2. The Morgan fingerprint density at radius 1 is 1.43 bits per heavy atom. The lowest BCUT2D eigenvalue weighted by Gasteiger charge is -2.06. The molecule has 74 valence electrons. The van der Waals surface area contributed by atoms with Gasteiger partial charge in [0.2, 0.25) is 0 Å². The highest BCUT2D eigenvalue weighted by atomic mass is 35.5. The number of rotatable bonds is 2. The molecule has 0 radical (unpaired) electrons. The van der Waals surface area contributed by atoms with E-state index in [9.17, 15) is 4.79 Å². The quantitative estimate of drug-likeness (QED) is 0.805. The molecular formula is C9H8Cl2N2O. The van der Waals surface area contributed by atoms with Gasteiger partial charge >= 0.3 is 6.03 Å². The van der Waals surface area contributed by atoms with E-state index >= 15 is 0 Å². The highest BCUT2D eigenvalue weighted by Gasteiger charge is 2.03. The van der Waals surface area contributed by atoms with Crippen LogP contribution in [0.5, 0.6) is 0 Å². The molecule has 0 bridgehead atoms. The van der Waals surface area contributed by atoms with Gasteiger partial charge in [0.25, 0.3) is 0 Å². The second kappa shape index (κ2) is 4.88. The van der Waals surface area contributed by atoms with E-state index in [2.05, 4.69) is 17.2 Å². The first-order valence-corrected chi connectivity index (χ1v) is 4.52. The number of halogens is 2. The summed E-state index contributed by atoms with van der Waals surface area (Å²) in [6.07, 6.45) is 1.28. The molecule has 0 spiro atoms. The van der Waals surface area contributed by atoms with E-state index < -0.39 is 6.03 Å². The van der Waals surface area contributed by atoms with Crippen molar-refractivity contribution in [1.82, 2.24) is 5.32 Å². The van der Waals surface area contributed by atoms with Crippen molar-refractivity contribution in [1.29, 1.82) is 0 Å². The summed E-state index contributed by atoms with van der Waals surface area (Å²) in [7, 11) is 0. The van der Waals surface area contributed by atoms with Crippen molar-refractivity contribution in [2.45, 2.75) is 0 Å². The van der Waals surface area contributed by atoms with Crippen LogP contribution >= 0.6 is 23.2 Å². The number of urea groups is 1. The average molecular weight is 231 g/mol. The molecule has 0 unspecified atom stereocenters. The highest BCUT2D eigenvalue weighted by Crippen LogP contribution is 2.25.